The van der Waals surface area contributed by atoms with Gasteiger partial charge >= 0.3 is 5.97 Å². The average molecular weight is 349 g/mol. The lowest BCUT2D eigenvalue weighted by Gasteiger charge is -2.15. The predicted octanol–water partition coefficient (Wildman–Crippen LogP) is 3.51. The van der Waals surface area contributed by atoms with Gasteiger partial charge in [0.25, 0.3) is 0 Å². The fourth-order valence-corrected chi connectivity index (χ4v) is 3.43. The van der Waals surface area contributed by atoms with Crippen molar-refractivity contribution in [2.24, 2.45) is 0 Å². The van der Waals surface area contributed by atoms with Gasteiger partial charge in [-0.15, -0.1) is 0 Å². The molecule has 0 amide bonds. The summed E-state index contributed by atoms with van der Waals surface area (Å²) in [4.78, 5) is 16.8. The summed E-state index contributed by atoms with van der Waals surface area (Å²) >= 11 is 16.8. The smallest absolute Gasteiger partial charge is 0.310 e. The van der Waals surface area contributed by atoms with Crippen molar-refractivity contribution in [1.82, 2.24) is 4.98 Å². The molecule has 0 bridgehead atoms. The molecule has 0 unspecified atom stereocenters. The second-order valence-corrected chi connectivity index (χ2v) is 8.12. The van der Waals surface area contributed by atoms with E-state index in [4.69, 9.17) is 44.5 Å². The summed E-state index contributed by atoms with van der Waals surface area (Å²) in [6.45, 7) is -0.216. The van der Waals surface area contributed by atoms with E-state index in [1.165, 1.54) is 22.5 Å². The highest BCUT2D eigenvalue weighted by Crippen LogP contribution is 2.33. The van der Waals surface area contributed by atoms with E-state index in [2.05, 4.69) is 0 Å². The standard InChI is InChI=1S/C15H16Cl3NO2/c16-15(17,18)8-21-14(20)7-11-9-3-1-5-12(9)19-13-6-2-4-10(11)13/h1-8H2. The van der Waals surface area contributed by atoms with Gasteiger partial charge in [0.15, 0.2) is 0 Å². The molecule has 3 nitrogen and oxygen atoms in total. The van der Waals surface area contributed by atoms with Crippen LogP contribution in [0.2, 0.25) is 0 Å². The van der Waals surface area contributed by atoms with E-state index in [1.54, 1.807) is 0 Å². The number of alkyl halides is 3. The Labute approximate surface area is 138 Å². The molecule has 1 heterocycles. The van der Waals surface area contributed by atoms with Gasteiger partial charge in [0, 0.05) is 11.4 Å². The fraction of sp³-hybridized carbons (Fsp3) is 0.600. The number of aromatic nitrogens is 1. The molecule has 2 aliphatic carbocycles. The molecule has 0 spiro atoms. The van der Waals surface area contributed by atoms with Crippen LogP contribution in [0.1, 0.15) is 40.9 Å². The number of halogens is 3. The van der Waals surface area contributed by atoms with Crippen LogP contribution < -0.4 is 0 Å². The molecule has 3 rings (SSSR count). The van der Waals surface area contributed by atoms with Gasteiger partial charge in [0.05, 0.1) is 6.42 Å². The lowest BCUT2D eigenvalue weighted by molar-refractivity contribution is -0.142. The van der Waals surface area contributed by atoms with Crippen molar-refractivity contribution >= 4 is 40.8 Å². The number of fused-ring (bicyclic) bond motifs is 2. The summed E-state index contributed by atoms with van der Waals surface area (Å²) in [5, 5.41) is 0. The normalized spacial score (nSPS) is 16.7. The van der Waals surface area contributed by atoms with Crippen molar-refractivity contribution in [3.05, 3.63) is 28.1 Å². The van der Waals surface area contributed by atoms with Gasteiger partial charge in [-0.25, -0.2) is 0 Å². The van der Waals surface area contributed by atoms with Crippen molar-refractivity contribution in [3.8, 4) is 0 Å². The maximum absolute atomic E-state index is 12.0. The van der Waals surface area contributed by atoms with E-state index in [0.29, 0.717) is 0 Å². The zero-order valence-electron chi connectivity index (χ0n) is 11.6. The molecule has 0 aliphatic heterocycles. The Morgan fingerprint density at radius 2 is 1.62 bits per heavy atom. The van der Waals surface area contributed by atoms with Crippen LogP contribution in [0.15, 0.2) is 0 Å². The van der Waals surface area contributed by atoms with Crippen LogP contribution in [-0.2, 0) is 41.6 Å². The maximum Gasteiger partial charge on any atom is 0.310 e. The second kappa shape index (κ2) is 5.94. The Morgan fingerprint density at radius 1 is 1.05 bits per heavy atom. The van der Waals surface area contributed by atoms with Crippen LogP contribution in [0.25, 0.3) is 0 Å². The van der Waals surface area contributed by atoms with Gasteiger partial charge in [-0.05, 0) is 55.2 Å². The lowest BCUT2D eigenvalue weighted by Crippen LogP contribution is -2.19. The van der Waals surface area contributed by atoms with Crippen molar-refractivity contribution < 1.29 is 9.53 Å². The van der Waals surface area contributed by atoms with E-state index in [-0.39, 0.29) is 19.0 Å². The first-order chi connectivity index (χ1) is 9.94. The Hall–Kier alpha value is -0.510. The SMILES string of the molecule is O=C(Cc1c2c(nc3c1CCC3)CCC2)OCC(Cl)(Cl)Cl. The van der Waals surface area contributed by atoms with Crippen molar-refractivity contribution in [3.63, 3.8) is 0 Å². The molecule has 1 aromatic rings. The number of hydrogen-bond acceptors (Lipinski definition) is 3. The Kier molecular flexibility index (Phi) is 4.35. The molecule has 1 aromatic heterocycles. The first-order valence-corrected chi connectivity index (χ1v) is 8.32. The Bertz CT molecular complexity index is 549. The number of hydrogen-bond donors (Lipinski definition) is 0. The third kappa shape index (κ3) is 3.46. The molecule has 0 aromatic carbocycles. The summed E-state index contributed by atoms with van der Waals surface area (Å²) in [6.07, 6.45) is 6.51. The van der Waals surface area contributed by atoms with Crippen molar-refractivity contribution in [2.75, 3.05) is 6.61 Å². The average Bonchev–Trinajstić information content (AvgIpc) is 3.03. The van der Waals surface area contributed by atoms with Crippen LogP contribution >= 0.6 is 34.8 Å². The van der Waals surface area contributed by atoms with Gasteiger partial charge in [0.2, 0.25) is 3.79 Å². The van der Waals surface area contributed by atoms with Crippen molar-refractivity contribution in [2.45, 2.75) is 48.7 Å². The molecule has 0 fully saturated rings. The van der Waals surface area contributed by atoms with E-state index in [1.807, 2.05) is 0 Å². The van der Waals surface area contributed by atoms with Crippen LogP contribution in [0.4, 0.5) is 0 Å². The third-order valence-electron chi connectivity index (χ3n) is 4.09. The van der Waals surface area contributed by atoms with E-state index < -0.39 is 3.79 Å². The lowest BCUT2D eigenvalue weighted by atomic mass is 9.97. The van der Waals surface area contributed by atoms with Gasteiger partial charge in [0.1, 0.15) is 6.61 Å². The van der Waals surface area contributed by atoms with Crippen molar-refractivity contribution in [1.29, 1.82) is 0 Å². The van der Waals surface area contributed by atoms with Gasteiger partial charge in [-0.3, -0.25) is 9.78 Å². The topological polar surface area (TPSA) is 39.2 Å². The van der Waals surface area contributed by atoms with E-state index in [9.17, 15) is 4.79 Å². The predicted molar refractivity (Wildman–Crippen MR) is 83.2 cm³/mol. The number of carbonyl (C=O) groups is 1. The van der Waals surface area contributed by atoms with Gasteiger partial charge in [-0.1, -0.05) is 34.8 Å². The monoisotopic (exact) mass is 347 g/mol. The molecule has 0 radical (unpaired) electrons. The molecule has 0 atom stereocenters. The summed E-state index contributed by atoms with van der Waals surface area (Å²) < 4.78 is 3.52. The largest absolute Gasteiger partial charge is 0.461 e. The Morgan fingerprint density at radius 3 is 2.14 bits per heavy atom. The quantitative estimate of drug-likeness (QED) is 0.620. The molecular weight excluding hydrogens is 333 g/mol. The molecular formula is C15H16Cl3NO2. The molecule has 0 saturated carbocycles. The van der Waals surface area contributed by atoms with Crippen LogP contribution in [0.5, 0.6) is 0 Å². The summed E-state index contributed by atoms with van der Waals surface area (Å²) in [7, 11) is 0. The molecule has 0 saturated heterocycles. The Balaban J connectivity index is 1.81. The minimum Gasteiger partial charge on any atom is -0.461 e. The number of nitrogens with zero attached hydrogens (tertiary/aromatic N) is 1. The minimum absolute atomic E-state index is 0.216. The third-order valence-corrected chi connectivity index (χ3v) is 4.42. The number of esters is 1. The van der Waals surface area contributed by atoms with Gasteiger partial charge < -0.3 is 4.74 Å². The molecule has 114 valence electrons. The summed E-state index contributed by atoms with van der Waals surface area (Å²) in [5.41, 5.74) is 5.96. The van der Waals surface area contributed by atoms with Gasteiger partial charge in [-0.2, -0.15) is 0 Å². The number of aryl methyl sites for hydroxylation is 2. The van der Waals surface area contributed by atoms with Crippen LogP contribution in [-0.4, -0.2) is 21.4 Å². The number of rotatable bonds is 3. The number of ether oxygens (including phenoxy) is 1. The summed E-state index contributed by atoms with van der Waals surface area (Å²) in [5.74, 6) is -0.337. The summed E-state index contributed by atoms with van der Waals surface area (Å²) in [6, 6.07) is 0. The zero-order chi connectivity index (χ0) is 15.0. The zero-order valence-corrected chi connectivity index (χ0v) is 13.8. The first-order valence-electron chi connectivity index (χ1n) is 7.19. The molecule has 21 heavy (non-hydrogen) atoms. The number of pyridine rings is 1. The first kappa shape index (κ1) is 15.4. The molecule has 0 N–H and O–H groups in total. The van der Waals surface area contributed by atoms with E-state index in [0.717, 1.165) is 44.1 Å². The number of carbonyl (C=O) groups excluding carboxylic acids is 1. The minimum atomic E-state index is -1.56. The molecule has 2 aliphatic rings. The second-order valence-electron chi connectivity index (χ2n) is 5.60. The molecule has 6 heteroatoms. The fourth-order valence-electron chi connectivity index (χ4n) is 3.27. The van der Waals surface area contributed by atoms with Crippen LogP contribution in [0.3, 0.4) is 0 Å². The van der Waals surface area contributed by atoms with E-state index >= 15 is 0 Å². The highest BCUT2D eigenvalue weighted by Gasteiger charge is 2.28. The van der Waals surface area contributed by atoms with Crippen LogP contribution in [0, 0.1) is 0 Å². The maximum atomic E-state index is 12.0. The highest BCUT2D eigenvalue weighted by atomic mass is 35.6. The highest BCUT2D eigenvalue weighted by molar-refractivity contribution is 6.67.